The van der Waals surface area contributed by atoms with Crippen molar-refractivity contribution in [2.24, 2.45) is 0 Å². The van der Waals surface area contributed by atoms with Gasteiger partial charge in [-0.1, -0.05) is 6.07 Å². The number of nitrogens with zero attached hydrogens (tertiary/aromatic N) is 3. The highest BCUT2D eigenvalue weighted by Gasteiger charge is 2.38. The van der Waals surface area contributed by atoms with Crippen LogP contribution in [0.4, 0.5) is 0 Å². The zero-order valence-corrected chi connectivity index (χ0v) is 20.7. The number of unbranched alkanes of at least 4 members (excludes halogenated alkanes) is 1. The number of ether oxygens (including phenoxy) is 2. The molecule has 3 heterocycles. The van der Waals surface area contributed by atoms with Crippen LogP contribution in [0.3, 0.4) is 0 Å². The number of likely N-dealkylation sites (tertiary alicyclic amines) is 1. The first-order chi connectivity index (χ1) is 17.1. The van der Waals surface area contributed by atoms with Crippen LogP contribution in [0, 0.1) is 0 Å². The number of fused-ring (bicyclic) bond motifs is 1. The molecule has 2 aromatic heterocycles. The predicted octanol–water partition coefficient (Wildman–Crippen LogP) is 4.48. The Labute approximate surface area is 207 Å². The fraction of sp³-hybridized carbons (Fsp3) is 0.607. The molecule has 1 aliphatic heterocycles. The maximum atomic E-state index is 12.2. The van der Waals surface area contributed by atoms with E-state index in [2.05, 4.69) is 16.0 Å². The number of carbonyl (C=O) groups is 1. The van der Waals surface area contributed by atoms with Crippen LogP contribution in [-0.2, 0) is 28.8 Å². The standard InChI is InChI=1S/C28H37N3O4/c1-34-25-17-20(30-24-10-3-2-8-22(24)25)7-4-5-16-35-21-13-15-31(18-21)27(28(32)33)23-9-6-14-29-26(23)19-11-12-19/h6,9,14,17,19,21,27H,2-5,7-8,10-13,15-16,18H2,1H3,(H,32,33)/t21-,27?/m1/s1. The first-order valence-corrected chi connectivity index (χ1v) is 13.2. The van der Waals surface area contributed by atoms with Gasteiger partial charge in [0.05, 0.1) is 13.2 Å². The van der Waals surface area contributed by atoms with Crippen molar-refractivity contribution < 1.29 is 19.4 Å². The maximum Gasteiger partial charge on any atom is 0.325 e. The van der Waals surface area contributed by atoms with Crippen LogP contribution in [0.15, 0.2) is 24.4 Å². The van der Waals surface area contributed by atoms with Crippen molar-refractivity contribution in [1.29, 1.82) is 0 Å². The van der Waals surface area contributed by atoms with E-state index in [4.69, 9.17) is 14.5 Å². The molecule has 2 atom stereocenters. The molecule has 0 radical (unpaired) electrons. The number of rotatable bonds is 11. The molecule has 35 heavy (non-hydrogen) atoms. The molecule has 1 saturated carbocycles. The Kier molecular flexibility index (Phi) is 7.63. The van der Waals surface area contributed by atoms with Crippen molar-refractivity contribution in [3.8, 4) is 5.75 Å². The summed E-state index contributed by atoms with van der Waals surface area (Å²) >= 11 is 0. The minimum absolute atomic E-state index is 0.0832. The zero-order chi connectivity index (χ0) is 24.2. The Morgan fingerprint density at radius 2 is 2.09 bits per heavy atom. The van der Waals surface area contributed by atoms with Gasteiger partial charge in [-0.15, -0.1) is 0 Å². The Hall–Kier alpha value is -2.51. The third kappa shape index (κ3) is 5.67. The number of aliphatic carboxylic acids is 1. The molecular weight excluding hydrogens is 442 g/mol. The monoisotopic (exact) mass is 479 g/mol. The second kappa shape index (κ2) is 11.0. The molecule has 0 spiro atoms. The molecule has 188 valence electrons. The van der Waals surface area contributed by atoms with Gasteiger partial charge in [-0.25, -0.2) is 0 Å². The van der Waals surface area contributed by atoms with Crippen molar-refractivity contribution in [3.63, 3.8) is 0 Å². The molecule has 2 aromatic rings. The number of pyridine rings is 2. The second-order valence-corrected chi connectivity index (χ2v) is 10.2. The summed E-state index contributed by atoms with van der Waals surface area (Å²) in [6, 6.07) is 5.27. The SMILES string of the molecule is COc1cc(CCCCO[C@@H]2CCN(C(C(=O)O)c3cccnc3C3CC3)C2)nc2c1CCCC2. The topological polar surface area (TPSA) is 84.8 Å². The molecule has 2 aliphatic carbocycles. The van der Waals surface area contributed by atoms with E-state index in [1.807, 2.05) is 12.1 Å². The molecule has 2 fully saturated rings. The zero-order valence-electron chi connectivity index (χ0n) is 20.7. The molecule has 5 rings (SSSR count). The van der Waals surface area contributed by atoms with Crippen molar-refractivity contribution in [3.05, 3.63) is 52.6 Å². The van der Waals surface area contributed by atoms with E-state index >= 15 is 0 Å². The Balaban J connectivity index is 1.10. The molecule has 1 saturated heterocycles. The molecule has 1 unspecified atom stereocenters. The number of aromatic nitrogens is 2. The van der Waals surface area contributed by atoms with Gasteiger partial charge in [0.1, 0.15) is 11.8 Å². The minimum atomic E-state index is -0.798. The fourth-order valence-corrected chi connectivity index (χ4v) is 5.66. The van der Waals surface area contributed by atoms with E-state index in [-0.39, 0.29) is 6.10 Å². The summed E-state index contributed by atoms with van der Waals surface area (Å²) in [5.41, 5.74) is 5.46. The number of hydrogen-bond acceptors (Lipinski definition) is 6. The number of aryl methyl sites for hydroxylation is 2. The van der Waals surface area contributed by atoms with Crippen LogP contribution < -0.4 is 4.74 Å². The van der Waals surface area contributed by atoms with Crippen LogP contribution >= 0.6 is 0 Å². The van der Waals surface area contributed by atoms with Crippen molar-refractivity contribution in [1.82, 2.24) is 14.9 Å². The summed E-state index contributed by atoms with van der Waals surface area (Å²) in [7, 11) is 1.75. The Morgan fingerprint density at radius 3 is 2.89 bits per heavy atom. The van der Waals surface area contributed by atoms with Gasteiger partial charge in [-0.3, -0.25) is 19.7 Å². The van der Waals surface area contributed by atoms with Gasteiger partial charge in [-0.2, -0.15) is 0 Å². The molecule has 0 aromatic carbocycles. The van der Waals surface area contributed by atoms with Gasteiger partial charge in [-0.05, 0) is 70.3 Å². The molecule has 0 amide bonds. The molecule has 7 heteroatoms. The summed E-state index contributed by atoms with van der Waals surface area (Å²) in [6.07, 6.45) is 12.4. The maximum absolute atomic E-state index is 12.2. The van der Waals surface area contributed by atoms with E-state index < -0.39 is 12.0 Å². The summed E-state index contributed by atoms with van der Waals surface area (Å²) in [6.45, 7) is 2.08. The van der Waals surface area contributed by atoms with Gasteiger partial charge in [0.15, 0.2) is 0 Å². The summed E-state index contributed by atoms with van der Waals surface area (Å²) in [5, 5.41) is 10.0. The van der Waals surface area contributed by atoms with Gasteiger partial charge in [0.25, 0.3) is 0 Å². The lowest BCUT2D eigenvalue weighted by Gasteiger charge is -2.26. The molecule has 7 nitrogen and oxygen atoms in total. The van der Waals surface area contributed by atoms with Crippen LogP contribution in [0.25, 0.3) is 0 Å². The molecule has 1 N–H and O–H groups in total. The number of carboxylic acids is 1. The molecular formula is C28H37N3O4. The van der Waals surface area contributed by atoms with Crippen molar-refractivity contribution in [2.75, 3.05) is 26.8 Å². The number of methoxy groups -OCH3 is 1. The summed E-state index contributed by atoms with van der Waals surface area (Å²) in [4.78, 5) is 23.7. The summed E-state index contributed by atoms with van der Waals surface area (Å²) < 4.78 is 11.8. The quantitative estimate of drug-likeness (QED) is 0.476. The lowest BCUT2D eigenvalue weighted by atomic mass is 9.94. The highest BCUT2D eigenvalue weighted by Crippen LogP contribution is 2.43. The highest BCUT2D eigenvalue weighted by atomic mass is 16.5. The van der Waals surface area contributed by atoms with Crippen LogP contribution in [0.5, 0.6) is 5.75 Å². The average Bonchev–Trinajstić information content (AvgIpc) is 3.62. The Morgan fingerprint density at radius 1 is 1.23 bits per heavy atom. The van der Waals surface area contributed by atoms with E-state index in [0.29, 0.717) is 19.1 Å². The van der Waals surface area contributed by atoms with E-state index in [0.717, 1.165) is 80.6 Å². The fourth-order valence-electron chi connectivity index (χ4n) is 5.66. The van der Waals surface area contributed by atoms with Crippen molar-refractivity contribution in [2.45, 2.75) is 82.3 Å². The van der Waals surface area contributed by atoms with Gasteiger partial charge < -0.3 is 14.6 Å². The number of hydrogen-bond donors (Lipinski definition) is 1. The third-order valence-electron chi connectivity index (χ3n) is 7.62. The predicted molar refractivity (Wildman–Crippen MR) is 133 cm³/mol. The van der Waals surface area contributed by atoms with Gasteiger partial charge in [0, 0.05) is 66.1 Å². The van der Waals surface area contributed by atoms with E-state index in [1.165, 1.54) is 24.1 Å². The van der Waals surface area contributed by atoms with Crippen LogP contribution in [-0.4, -0.2) is 58.9 Å². The normalized spacial score (nSPS) is 21.0. The first-order valence-electron chi connectivity index (χ1n) is 13.2. The molecule has 3 aliphatic rings. The average molecular weight is 480 g/mol. The smallest absolute Gasteiger partial charge is 0.325 e. The lowest BCUT2D eigenvalue weighted by molar-refractivity contribution is -0.143. The van der Waals surface area contributed by atoms with E-state index in [9.17, 15) is 9.90 Å². The van der Waals surface area contributed by atoms with Crippen LogP contribution in [0.2, 0.25) is 0 Å². The van der Waals surface area contributed by atoms with Gasteiger partial charge >= 0.3 is 5.97 Å². The third-order valence-corrected chi connectivity index (χ3v) is 7.62. The van der Waals surface area contributed by atoms with Crippen LogP contribution in [0.1, 0.15) is 85.1 Å². The van der Waals surface area contributed by atoms with Crippen molar-refractivity contribution >= 4 is 5.97 Å². The summed E-state index contributed by atoms with van der Waals surface area (Å²) in [5.74, 6) is 0.624. The number of carboxylic acid groups (broad SMARTS) is 1. The minimum Gasteiger partial charge on any atom is -0.496 e. The largest absolute Gasteiger partial charge is 0.496 e. The van der Waals surface area contributed by atoms with Gasteiger partial charge in [0.2, 0.25) is 0 Å². The second-order valence-electron chi connectivity index (χ2n) is 10.2. The first kappa shape index (κ1) is 24.2. The molecule has 0 bridgehead atoms. The highest BCUT2D eigenvalue weighted by molar-refractivity contribution is 5.76. The lowest BCUT2D eigenvalue weighted by Crippen LogP contribution is -2.34. The van der Waals surface area contributed by atoms with E-state index in [1.54, 1.807) is 13.3 Å². The Bertz CT molecular complexity index is 1020.